The first kappa shape index (κ1) is 10.4. The van der Waals surface area contributed by atoms with Crippen molar-refractivity contribution in [2.24, 2.45) is 5.73 Å². The van der Waals surface area contributed by atoms with Gasteiger partial charge in [-0.2, -0.15) is 0 Å². The lowest BCUT2D eigenvalue weighted by atomic mass is 10.1. The minimum Gasteiger partial charge on any atom is -0.493 e. The highest BCUT2D eigenvalue weighted by molar-refractivity contribution is 5.40. The summed E-state index contributed by atoms with van der Waals surface area (Å²) >= 11 is 0. The number of fused-ring (bicyclic) bond motifs is 1. The lowest BCUT2D eigenvalue weighted by Gasteiger charge is -2.08. The first-order chi connectivity index (χ1) is 7.31. The molecule has 0 saturated carbocycles. The molecule has 0 aromatic heterocycles. The van der Waals surface area contributed by atoms with Gasteiger partial charge in [-0.1, -0.05) is 6.07 Å². The molecule has 1 aliphatic carbocycles. The van der Waals surface area contributed by atoms with Crippen LogP contribution in [0.1, 0.15) is 30.0 Å². The summed E-state index contributed by atoms with van der Waals surface area (Å²) in [5, 5.41) is 0. The van der Waals surface area contributed by atoms with E-state index >= 15 is 0 Å². The van der Waals surface area contributed by atoms with Crippen molar-refractivity contribution in [3.8, 4) is 5.75 Å². The highest BCUT2D eigenvalue weighted by Crippen LogP contribution is 2.31. The minimum atomic E-state index is -0.324. The maximum atomic E-state index is 11.9. The Hall–Kier alpha value is -1.09. The highest BCUT2D eigenvalue weighted by atomic mass is 19.1. The van der Waals surface area contributed by atoms with E-state index in [0.717, 1.165) is 18.6 Å². The van der Waals surface area contributed by atoms with E-state index in [-0.39, 0.29) is 12.7 Å². The minimum absolute atomic E-state index is 0.180. The zero-order chi connectivity index (χ0) is 10.7. The van der Waals surface area contributed by atoms with Crippen LogP contribution in [0, 0.1) is 0 Å². The lowest BCUT2D eigenvalue weighted by Crippen LogP contribution is -2.05. The summed E-state index contributed by atoms with van der Waals surface area (Å²) in [5.74, 6) is 0.830. The van der Waals surface area contributed by atoms with Gasteiger partial charge < -0.3 is 10.5 Å². The number of rotatable bonds is 4. The third kappa shape index (κ3) is 2.29. The van der Waals surface area contributed by atoms with E-state index in [1.54, 1.807) is 0 Å². The molecule has 2 rings (SSSR count). The molecule has 1 aliphatic rings. The van der Waals surface area contributed by atoms with Crippen molar-refractivity contribution >= 4 is 0 Å². The first-order valence-corrected chi connectivity index (χ1v) is 5.38. The van der Waals surface area contributed by atoms with Gasteiger partial charge in [-0.3, -0.25) is 4.39 Å². The van der Waals surface area contributed by atoms with Crippen molar-refractivity contribution in [1.29, 1.82) is 0 Å². The molecule has 3 heteroatoms. The SMILES string of the molecule is N[C@H]1CCc2cc(OCCCF)ccc21. The average Bonchev–Trinajstić information content (AvgIpc) is 2.61. The second-order valence-electron chi connectivity index (χ2n) is 3.90. The topological polar surface area (TPSA) is 35.2 Å². The zero-order valence-corrected chi connectivity index (χ0v) is 8.71. The molecule has 15 heavy (non-hydrogen) atoms. The molecule has 1 aromatic rings. The summed E-state index contributed by atoms with van der Waals surface area (Å²) in [6.45, 7) is 0.122. The molecule has 0 unspecified atom stereocenters. The molecule has 2 N–H and O–H groups in total. The van der Waals surface area contributed by atoms with Crippen LogP contribution < -0.4 is 10.5 Å². The lowest BCUT2D eigenvalue weighted by molar-refractivity contribution is 0.289. The molecular formula is C12H16FNO. The second-order valence-corrected chi connectivity index (χ2v) is 3.90. The van der Waals surface area contributed by atoms with Crippen LogP contribution in [0.4, 0.5) is 4.39 Å². The molecule has 0 amide bonds. The summed E-state index contributed by atoms with van der Waals surface area (Å²) in [4.78, 5) is 0. The van der Waals surface area contributed by atoms with Gasteiger partial charge in [0.25, 0.3) is 0 Å². The van der Waals surface area contributed by atoms with Crippen LogP contribution in [0.3, 0.4) is 0 Å². The molecule has 82 valence electrons. The number of aryl methyl sites for hydroxylation is 1. The van der Waals surface area contributed by atoms with E-state index in [1.807, 2.05) is 18.2 Å². The van der Waals surface area contributed by atoms with Gasteiger partial charge in [0.1, 0.15) is 5.75 Å². The molecular weight excluding hydrogens is 193 g/mol. The van der Waals surface area contributed by atoms with Crippen LogP contribution in [0.25, 0.3) is 0 Å². The molecule has 1 aromatic carbocycles. The van der Waals surface area contributed by atoms with Crippen LogP contribution in [0.15, 0.2) is 18.2 Å². The van der Waals surface area contributed by atoms with E-state index in [9.17, 15) is 4.39 Å². The Bertz CT molecular complexity index is 340. The number of hydrogen-bond acceptors (Lipinski definition) is 2. The standard InChI is InChI=1S/C12H16FNO/c13-6-1-7-15-10-3-4-11-9(8-10)2-5-12(11)14/h3-4,8,12H,1-2,5-7,14H2/t12-/m0/s1. The Morgan fingerprint density at radius 2 is 2.33 bits per heavy atom. The van der Waals surface area contributed by atoms with Crippen molar-refractivity contribution in [2.75, 3.05) is 13.3 Å². The molecule has 0 fully saturated rings. The van der Waals surface area contributed by atoms with Gasteiger partial charge in [0, 0.05) is 12.5 Å². The third-order valence-electron chi connectivity index (χ3n) is 2.79. The third-order valence-corrected chi connectivity index (χ3v) is 2.79. The van der Waals surface area contributed by atoms with E-state index in [0.29, 0.717) is 13.0 Å². The van der Waals surface area contributed by atoms with Crippen LogP contribution in [-0.2, 0) is 6.42 Å². The Morgan fingerprint density at radius 3 is 3.13 bits per heavy atom. The molecule has 0 heterocycles. The predicted molar refractivity (Wildman–Crippen MR) is 57.8 cm³/mol. The molecule has 0 spiro atoms. The van der Waals surface area contributed by atoms with Gasteiger partial charge in [0.15, 0.2) is 0 Å². The van der Waals surface area contributed by atoms with Gasteiger partial charge >= 0.3 is 0 Å². The Morgan fingerprint density at radius 1 is 1.47 bits per heavy atom. The quantitative estimate of drug-likeness (QED) is 0.773. The molecule has 2 nitrogen and oxygen atoms in total. The fourth-order valence-electron chi connectivity index (χ4n) is 1.96. The monoisotopic (exact) mass is 209 g/mol. The number of hydrogen-bond donors (Lipinski definition) is 1. The van der Waals surface area contributed by atoms with Crippen molar-refractivity contribution in [1.82, 2.24) is 0 Å². The molecule has 0 bridgehead atoms. The smallest absolute Gasteiger partial charge is 0.119 e. The number of nitrogens with two attached hydrogens (primary N) is 1. The summed E-state index contributed by atoms with van der Waals surface area (Å²) in [6, 6.07) is 6.15. The van der Waals surface area contributed by atoms with Gasteiger partial charge in [-0.15, -0.1) is 0 Å². The van der Waals surface area contributed by atoms with E-state index < -0.39 is 0 Å². The summed E-state index contributed by atoms with van der Waals surface area (Å²) in [7, 11) is 0. The van der Waals surface area contributed by atoms with Crippen LogP contribution in [-0.4, -0.2) is 13.3 Å². The normalized spacial score (nSPS) is 18.9. The molecule has 0 radical (unpaired) electrons. The highest BCUT2D eigenvalue weighted by Gasteiger charge is 2.18. The van der Waals surface area contributed by atoms with E-state index in [1.165, 1.54) is 11.1 Å². The summed E-state index contributed by atoms with van der Waals surface area (Å²) in [5.41, 5.74) is 8.44. The second kappa shape index (κ2) is 4.62. The van der Waals surface area contributed by atoms with E-state index in [2.05, 4.69) is 0 Å². The number of halogens is 1. The fourth-order valence-corrected chi connectivity index (χ4v) is 1.96. The Balaban J connectivity index is 2.03. The zero-order valence-electron chi connectivity index (χ0n) is 8.71. The Kier molecular flexibility index (Phi) is 3.21. The van der Waals surface area contributed by atoms with Gasteiger partial charge in [-0.25, -0.2) is 0 Å². The average molecular weight is 209 g/mol. The Labute approximate surface area is 89.2 Å². The van der Waals surface area contributed by atoms with Crippen LogP contribution >= 0.6 is 0 Å². The predicted octanol–water partition coefficient (Wildman–Crippen LogP) is 2.37. The summed E-state index contributed by atoms with van der Waals surface area (Å²) in [6.07, 6.45) is 2.50. The van der Waals surface area contributed by atoms with Crippen molar-refractivity contribution in [2.45, 2.75) is 25.3 Å². The van der Waals surface area contributed by atoms with Gasteiger partial charge in [0.05, 0.1) is 13.3 Å². The van der Waals surface area contributed by atoms with E-state index in [4.69, 9.17) is 10.5 Å². The van der Waals surface area contributed by atoms with Crippen LogP contribution in [0.2, 0.25) is 0 Å². The molecule has 0 saturated heterocycles. The largest absolute Gasteiger partial charge is 0.493 e. The first-order valence-electron chi connectivity index (χ1n) is 5.38. The van der Waals surface area contributed by atoms with Crippen LogP contribution in [0.5, 0.6) is 5.75 Å². The van der Waals surface area contributed by atoms with Gasteiger partial charge in [-0.05, 0) is 36.1 Å². The van der Waals surface area contributed by atoms with Crippen molar-refractivity contribution in [3.63, 3.8) is 0 Å². The maximum Gasteiger partial charge on any atom is 0.119 e. The number of ether oxygens (including phenoxy) is 1. The maximum absolute atomic E-state index is 11.9. The van der Waals surface area contributed by atoms with Crippen molar-refractivity contribution < 1.29 is 9.13 Å². The number of alkyl halides is 1. The van der Waals surface area contributed by atoms with Crippen molar-refractivity contribution in [3.05, 3.63) is 29.3 Å². The number of benzene rings is 1. The van der Waals surface area contributed by atoms with Gasteiger partial charge in [0.2, 0.25) is 0 Å². The molecule has 0 aliphatic heterocycles. The fraction of sp³-hybridized carbons (Fsp3) is 0.500. The molecule has 1 atom stereocenters. The summed E-state index contributed by atoms with van der Waals surface area (Å²) < 4.78 is 17.3.